The van der Waals surface area contributed by atoms with Crippen molar-refractivity contribution in [1.82, 2.24) is 0 Å². The monoisotopic (exact) mass is 169 g/mol. The molecule has 0 aromatic carbocycles. The van der Waals surface area contributed by atoms with Gasteiger partial charge in [0.05, 0.1) is 6.54 Å². The third kappa shape index (κ3) is 7.49. The first-order chi connectivity index (χ1) is 5.66. The first kappa shape index (κ1) is 11.4. The van der Waals surface area contributed by atoms with E-state index in [1.165, 1.54) is 19.3 Å². The van der Waals surface area contributed by atoms with Crippen LogP contribution in [0.25, 0.3) is 0 Å². The largest absolute Gasteiger partial charge is 0.234 e. The van der Waals surface area contributed by atoms with Crippen molar-refractivity contribution in [2.24, 2.45) is 16.8 Å². The molecule has 0 aromatic heterocycles. The minimum absolute atomic E-state index is 0.533. The van der Waals surface area contributed by atoms with Gasteiger partial charge in [0.2, 0.25) is 6.08 Å². The van der Waals surface area contributed by atoms with E-state index < -0.39 is 0 Å². The molecule has 12 heavy (non-hydrogen) atoms. The lowest BCUT2D eigenvalue weighted by Gasteiger charge is -2.08. The van der Waals surface area contributed by atoms with Crippen LogP contribution < -0.4 is 0 Å². The van der Waals surface area contributed by atoms with Crippen LogP contribution in [0, 0.1) is 11.8 Å². The van der Waals surface area contributed by atoms with Gasteiger partial charge < -0.3 is 0 Å². The normalized spacial score (nSPS) is 12.7. The fourth-order valence-corrected chi connectivity index (χ4v) is 1.16. The highest BCUT2D eigenvalue weighted by atomic mass is 16.1. The fourth-order valence-electron chi connectivity index (χ4n) is 1.16. The van der Waals surface area contributed by atoms with Crippen LogP contribution in [0.3, 0.4) is 0 Å². The third-order valence-electron chi connectivity index (χ3n) is 1.95. The molecular formula is C10H19NO. The van der Waals surface area contributed by atoms with E-state index in [-0.39, 0.29) is 0 Å². The molecule has 0 aromatic rings. The Bertz CT molecular complexity index is 148. The van der Waals surface area contributed by atoms with Crippen molar-refractivity contribution in [3.8, 4) is 0 Å². The summed E-state index contributed by atoms with van der Waals surface area (Å²) in [6.45, 7) is 7.23. The Morgan fingerprint density at radius 3 is 2.42 bits per heavy atom. The zero-order valence-electron chi connectivity index (χ0n) is 8.34. The third-order valence-corrected chi connectivity index (χ3v) is 1.95. The fraction of sp³-hybridized carbons (Fsp3) is 0.900. The molecule has 0 N–H and O–H groups in total. The van der Waals surface area contributed by atoms with E-state index in [0.717, 1.165) is 5.92 Å². The molecule has 0 aliphatic rings. The molecule has 0 saturated heterocycles. The highest BCUT2D eigenvalue weighted by molar-refractivity contribution is 5.32. The van der Waals surface area contributed by atoms with Crippen LogP contribution in [0.5, 0.6) is 0 Å². The van der Waals surface area contributed by atoms with Crippen molar-refractivity contribution in [2.45, 2.75) is 40.0 Å². The molecule has 2 heteroatoms. The van der Waals surface area contributed by atoms with Gasteiger partial charge in [-0.15, -0.1) is 0 Å². The number of carbonyl (C=O) groups excluding carboxylic acids is 1. The minimum Gasteiger partial charge on any atom is -0.211 e. The Morgan fingerprint density at radius 2 is 1.92 bits per heavy atom. The summed E-state index contributed by atoms with van der Waals surface area (Å²) in [4.78, 5) is 13.4. The zero-order valence-corrected chi connectivity index (χ0v) is 8.34. The Balaban J connectivity index is 3.30. The summed E-state index contributed by atoms with van der Waals surface area (Å²) in [6, 6.07) is 0. The Labute approximate surface area is 75.1 Å². The maximum absolute atomic E-state index is 9.80. The number of aliphatic imine (C=N–C) groups is 1. The van der Waals surface area contributed by atoms with Crippen LogP contribution in [-0.4, -0.2) is 12.6 Å². The van der Waals surface area contributed by atoms with E-state index in [9.17, 15) is 4.79 Å². The van der Waals surface area contributed by atoms with E-state index in [1.807, 2.05) is 0 Å². The van der Waals surface area contributed by atoms with Crippen LogP contribution in [-0.2, 0) is 4.79 Å². The van der Waals surface area contributed by atoms with Gasteiger partial charge in [-0.05, 0) is 18.3 Å². The molecule has 0 aliphatic heterocycles. The second-order valence-corrected chi connectivity index (χ2v) is 3.86. The minimum atomic E-state index is 0.533. The van der Waals surface area contributed by atoms with Gasteiger partial charge in [-0.25, -0.2) is 9.79 Å². The number of hydrogen-bond donors (Lipinski definition) is 0. The second-order valence-electron chi connectivity index (χ2n) is 3.86. The van der Waals surface area contributed by atoms with E-state index >= 15 is 0 Å². The van der Waals surface area contributed by atoms with E-state index in [4.69, 9.17) is 0 Å². The van der Waals surface area contributed by atoms with Gasteiger partial charge in [-0.2, -0.15) is 0 Å². The van der Waals surface area contributed by atoms with Gasteiger partial charge in [0.15, 0.2) is 0 Å². The maximum atomic E-state index is 9.80. The van der Waals surface area contributed by atoms with Crippen molar-refractivity contribution in [1.29, 1.82) is 0 Å². The molecule has 0 heterocycles. The molecule has 1 unspecified atom stereocenters. The van der Waals surface area contributed by atoms with Crippen LogP contribution in [0.4, 0.5) is 0 Å². The quantitative estimate of drug-likeness (QED) is 0.444. The summed E-state index contributed by atoms with van der Waals surface area (Å²) >= 11 is 0. The lowest BCUT2D eigenvalue weighted by molar-refractivity contribution is 0.462. The predicted molar refractivity (Wildman–Crippen MR) is 50.8 cm³/mol. The molecule has 0 amide bonds. The van der Waals surface area contributed by atoms with Gasteiger partial charge in [0.25, 0.3) is 0 Å². The van der Waals surface area contributed by atoms with Crippen LogP contribution >= 0.6 is 0 Å². The standard InChI is InChI=1S/C10H19NO/c1-9(2)5-4-6-10(3)7-11-8-12/h9-10H,4-7H2,1-3H3. The van der Waals surface area contributed by atoms with Crippen molar-refractivity contribution in [2.75, 3.05) is 6.54 Å². The average molecular weight is 169 g/mol. The molecule has 0 radical (unpaired) electrons. The van der Waals surface area contributed by atoms with E-state index in [1.54, 1.807) is 6.08 Å². The van der Waals surface area contributed by atoms with Gasteiger partial charge in [0.1, 0.15) is 0 Å². The predicted octanol–water partition coefficient (Wildman–Crippen LogP) is 2.78. The van der Waals surface area contributed by atoms with Crippen molar-refractivity contribution in [3.63, 3.8) is 0 Å². The molecule has 2 nitrogen and oxygen atoms in total. The highest BCUT2D eigenvalue weighted by Crippen LogP contribution is 2.12. The molecule has 0 saturated carbocycles. The topological polar surface area (TPSA) is 29.4 Å². The van der Waals surface area contributed by atoms with Crippen LogP contribution in [0.1, 0.15) is 40.0 Å². The number of isocyanates is 1. The Hall–Kier alpha value is -0.620. The number of rotatable bonds is 6. The van der Waals surface area contributed by atoms with Gasteiger partial charge >= 0.3 is 0 Å². The summed E-state index contributed by atoms with van der Waals surface area (Å²) < 4.78 is 0. The number of nitrogens with zero attached hydrogens (tertiary/aromatic N) is 1. The number of hydrogen-bond acceptors (Lipinski definition) is 2. The SMILES string of the molecule is CC(C)CCCC(C)CN=C=O. The summed E-state index contributed by atoms with van der Waals surface area (Å²) in [5.41, 5.74) is 0. The molecule has 70 valence electrons. The molecule has 0 bridgehead atoms. The molecule has 0 rings (SSSR count). The van der Waals surface area contributed by atoms with Gasteiger partial charge in [0, 0.05) is 0 Å². The highest BCUT2D eigenvalue weighted by Gasteiger charge is 2.01. The second kappa shape index (κ2) is 7.05. The molecule has 0 spiro atoms. The van der Waals surface area contributed by atoms with Crippen molar-refractivity contribution < 1.29 is 4.79 Å². The molecule has 0 fully saturated rings. The van der Waals surface area contributed by atoms with E-state index in [0.29, 0.717) is 12.5 Å². The van der Waals surface area contributed by atoms with Crippen LogP contribution in [0.2, 0.25) is 0 Å². The lowest BCUT2D eigenvalue weighted by atomic mass is 10.00. The van der Waals surface area contributed by atoms with Gasteiger partial charge in [-0.1, -0.05) is 33.6 Å². The summed E-state index contributed by atoms with van der Waals surface area (Å²) in [6.07, 6.45) is 5.26. The maximum Gasteiger partial charge on any atom is 0.234 e. The van der Waals surface area contributed by atoms with Gasteiger partial charge in [-0.3, -0.25) is 0 Å². The lowest BCUT2D eigenvalue weighted by Crippen LogP contribution is -2.00. The van der Waals surface area contributed by atoms with Crippen LogP contribution in [0.15, 0.2) is 4.99 Å². The van der Waals surface area contributed by atoms with Crippen molar-refractivity contribution >= 4 is 6.08 Å². The zero-order chi connectivity index (χ0) is 9.40. The molecular weight excluding hydrogens is 150 g/mol. The smallest absolute Gasteiger partial charge is 0.211 e. The first-order valence-electron chi connectivity index (χ1n) is 4.70. The Kier molecular flexibility index (Phi) is 6.69. The summed E-state index contributed by atoms with van der Waals surface area (Å²) in [5, 5.41) is 0. The molecule has 0 aliphatic carbocycles. The van der Waals surface area contributed by atoms with Crippen molar-refractivity contribution in [3.05, 3.63) is 0 Å². The molecule has 1 atom stereocenters. The summed E-state index contributed by atoms with van der Waals surface area (Å²) in [7, 11) is 0. The van der Waals surface area contributed by atoms with E-state index in [2.05, 4.69) is 25.8 Å². The summed E-state index contributed by atoms with van der Waals surface area (Å²) in [5.74, 6) is 1.32. The first-order valence-corrected chi connectivity index (χ1v) is 4.70. The average Bonchev–Trinajstić information content (AvgIpc) is 2.00. The Morgan fingerprint density at radius 1 is 1.25 bits per heavy atom.